The number of nitrogens with zero attached hydrogens (tertiary/aromatic N) is 3. The van der Waals surface area contributed by atoms with Crippen LogP contribution in [0.2, 0.25) is 0 Å². The van der Waals surface area contributed by atoms with E-state index in [1.54, 1.807) is 29.9 Å². The van der Waals surface area contributed by atoms with Crippen LogP contribution in [0.5, 0.6) is 0 Å². The third kappa shape index (κ3) is 2.76. The maximum atomic E-state index is 4.84. The molecule has 0 amide bonds. The fourth-order valence-electron chi connectivity index (χ4n) is 2.42. The van der Waals surface area contributed by atoms with Crippen molar-refractivity contribution >= 4 is 11.3 Å². The Morgan fingerprint density at radius 2 is 1.43 bits per heavy atom. The molecule has 4 heteroatoms. The maximum Gasteiger partial charge on any atom is 0.144 e. The largest absolute Gasteiger partial charge is 0.261 e. The summed E-state index contributed by atoms with van der Waals surface area (Å²) in [5.74, 6) is 0. The number of rotatable bonds is 3. The third-order valence-corrected chi connectivity index (χ3v) is 4.62. The fourth-order valence-corrected chi connectivity index (χ4v) is 3.47. The second-order valence-electron chi connectivity index (χ2n) is 5.02. The predicted molar refractivity (Wildman–Crippen MR) is 94.0 cm³/mol. The van der Waals surface area contributed by atoms with Gasteiger partial charge in [0, 0.05) is 18.0 Å². The smallest absolute Gasteiger partial charge is 0.144 e. The number of aromatic nitrogens is 3. The van der Waals surface area contributed by atoms with Gasteiger partial charge in [0.25, 0.3) is 0 Å². The van der Waals surface area contributed by atoms with Crippen molar-refractivity contribution in [3.63, 3.8) is 0 Å². The molecule has 0 N–H and O–H groups in total. The average molecular weight is 315 g/mol. The summed E-state index contributed by atoms with van der Waals surface area (Å²) >= 11 is 1.65. The average Bonchev–Trinajstić information content (AvgIpc) is 3.09. The molecule has 0 radical (unpaired) electrons. The van der Waals surface area contributed by atoms with E-state index in [9.17, 15) is 0 Å². The van der Waals surface area contributed by atoms with Gasteiger partial charge in [-0.1, -0.05) is 60.7 Å². The van der Waals surface area contributed by atoms with Gasteiger partial charge in [-0.05, 0) is 5.56 Å². The van der Waals surface area contributed by atoms with E-state index in [0.29, 0.717) is 0 Å². The molecule has 2 aromatic carbocycles. The first-order chi connectivity index (χ1) is 11.4. The van der Waals surface area contributed by atoms with Crippen molar-refractivity contribution in [1.29, 1.82) is 0 Å². The minimum absolute atomic E-state index is 0.803. The highest BCUT2D eigenvalue weighted by atomic mass is 32.1. The van der Waals surface area contributed by atoms with E-state index in [1.165, 1.54) is 5.56 Å². The summed E-state index contributed by atoms with van der Waals surface area (Å²) in [6.45, 7) is 0. The molecule has 4 aromatic rings. The molecule has 0 unspecified atom stereocenters. The number of thiazole rings is 1. The minimum atomic E-state index is 0.803. The van der Waals surface area contributed by atoms with Crippen LogP contribution in [0.4, 0.5) is 0 Å². The Labute approximate surface area is 138 Å². The first-order valence-electron chi connectivity index (χ1n) is 7.30. The molecule has 0 saturated carbocycles. The van der Waals surface area contributed by atoms with Crippen LogP contribution >= 0.6 is 11.3 Å². The zero-order valence-corrected chi connectivity index (χ0v) is 13.1. The van der Waals surface area contributed by atoms with Gasteiger partial charge in [-0.25, -0.2) is 4.98 Å². The molecule has 0 spiro atoms. The molecule has 2 aromatic heterocycles. The van der Waals surface area contributed by atoms with E-state index in [0.717, 1.165) is 26.8 Å². The summed E-state index contributed by atoms with van der Waals surface area (Å²) in [4.78, 5) is 14.5. The van der Waals surface area contributed by atoms with Gasteiger partial charge in [-0.15, -0.1) is 11.3 Å². The molecule has 0 saturated heterocycles. The van der Waals surface area contributed by atoms with Crippen molar-refractivity contribution in [2.75, 3.05) is 0 Å². The van der Waals surface area contributed by atoms with Gasteiger partial charge >= 0.3 is 0 Å². The molecule has 0 aliphatic heterocycles. The number of benzene rings is 2. The lowest BCUT2D eigenvalue weighted by Crippen LogP contribution is -1.84. The van der Waals surface area contributed by atoms with Crippen LogP contribution in [0.25, 0.3) is 32.4 Å². The van der Waals surface area contributed by atoms with Crippen LogP contribution in [0.1, 0.15) is 0 Å². The van der Waals surface area contributed by atoms with Crippen LogP contribution in [0.15, 0.2) is 79.3 Å². The van der Waals surface area contributed by atoms with E-state index < -0.39 is 0 Å². The Morgan fingerprint density at radius 3 is 2.09 bits per heavy atom. The van der Waals surface area contributed by atoms with E-state index in [2.05, 4.69) is 34.2 Å². The first kappa shape index (κ1) is 13.8. The van der Waals surface area contributed by atoms with Crippen LogP contribution in [0.3, 0.4) is 0 Å². The molecule has 2 heterocycles. The molecule has 0 aliphatic rings. The zero-order valence-electron chi connectivity index (χ0n) is 12.3. The van der Waals surface area contributed by atoms with E-state index in [4.69, 9.17) is 4.98 Å². The summed E-state index contributed by atoms with van der Waals surface area (Å²) in [6, 6.07) is 20.6. The molecular weight excluding hydrogens is 302 g/mol. The van der Waals surface area contributed by atoms with E-state index in [1.807, 2.05) is 36.4 Å². The standard InChI is InChI=1S/C19H13N3S/c1-3-7-14(8-4-1)17-18(15-9-5-2-6-10-15)23-19(22-17)16-13-20-11-12-21-16/h1-13H. The summed E-state index contributed by atoms with van der Waals surface area (Å²) in [6.07, 6.45) is 5.12. The Bertz CT molecular complexity index is 846. The van der Waals surface area contributed by atoms with Gasteiger partial charge < -0.3 is 0 Å². The van der Waals surface area contributed by atoms with Crippen LogP contribution < -0.4 is 0 Å². The van der Waals surface area contributed by atoms with Crippen LogP contribution in [-0.4, -0.2) is 15.0 Å². The Morgan fingerprint density at radius 1 is 0.739 bits per heavy atom. The lowest BCUT2D eigenvalue weighted by Gasteiger charge is -2.02. The van der Waals surface area contributed by atoms with Gasteiger partial charge in [-0.2, -0.15) is 0 Å². The van der Waals surface area contributed by atoms with Gasteiger partial charge in [-0.3, -0.25) is 9.97 Å². The molecule has 0 fully saturated rings. The van der Waals surface area contributed by atoms with Gasteiger partial charge in [0.15, 0.2) is 0 Å². The zero-order chi connectivity index (χ0) is 15.5. The van der Waals surface area contributed by atoms with E-state index in [-0.39, 0.29) is 0 Å². The highest BCUT2D eigenvalue weighted by molar-refractivity contribution is 7.18. The lowest BCUT2D eigenvalue weighted by molar-refractivity contribution is 1.19. The first-order valence-corrected chi connectivity index (χ1v) is 8.11. The Kier molecular flexibility index (Phi) is 3.66. The predicted octanol–water partition coefficient (Wildman–Crippen LogP) is 4.93. The van der Waals surface area contributed by atoms with Crippen molar-refractivity contribution in [3.05, 3.63) is 79.3 Å². The summed E-state index contributed by atoms with van der Waals surface area (Å²) in [7, 11) is 0. The topological polar surface area (TPSA) is 38.7 Å². The van der Waals surface area contributed by atoms with Crippen molar-refractivity contribution in [1.82, 2.24) is 15.0 Å². The van der Waals surface area contributed by atoms with Crippen molar-refractivity contribution in [2.45, 2.75) is 0 Å². The molecule has 0 aliphatic carbocycles. The van der Waals surface area contributed by atoms with Gasteiger partial charge in [0.1, 0.15) is 10.7 Å². The fraction of sp³-hybridized carbons (Fsp3) is 0. The SMILES string of the molecule is c1ccc(-c2nc(-c3cnccn3)sc2-c2ccccc2)cc1. The number of hydrogen-bond donors (Lipinski definition) is 0. The molecule has 0 bridgehead atoms. The highest BCUT2D eigenvalue weighted by Gasteiger charge is 2.16. The van der Waals surface area contributed by atoms with Crippen molar-refractivity contribution in [3.8, 4) is 32.4 Å². The molecule has 0 atom stereocenters. The number of hydrogen-bond acceptors (Lipinski definition) is 4. The highest BCUT2D eigenvalue weighted by Crippen LogP contribution is 2.39. The summed E-state index contributed by atoms with van der Waals surface area (Å²) < 4.78 is 0. The second kappa shape index (κ2) is 6.10. The molecule has 110 valence electrons. The lowest BCUT2D eigenvalue weighted by atomic mass is 10.1. The van der Waals surface area contributed by atoms with Gasteiger partial charge in [0.05, 0.1) is 16.8 Å². The monoisotopic (exact) mass is 315 g/mol. The van der Waals surface area contributed by atoms with Crippen molar-refractivity contribution in [2.24, 2.45) is 0 Å². The summed E-state index contributed by atoms with van der Waals surface area (Å²) in [5.41, 5.74) is 4.07. The maximum absolute atomic E-state index is 4.84. The van der Waals surface area contributed by atoms with Gasteiger partial charge in [0.2, 0.25) is 0 Å². The van der Waals surface area contributed by atoms with E-state index >= 15 is 0 Å². The third-order valence-electron chi connectivity index (χ3n) is 3.49. The van der Waals surface area contributed by atoms with Crippen molar-refractivity contribution < 1.29 is 0 Å². The molecular formula is C19H13N3S. The quantitative estimate of drug-likeness (QED) is 0.538. The van der Waals surface area contributed by atoms with Crippen LogP contribution in [-0.2, 0) is 0 Å². The molecule has 23 heavy (non-hydrogen) atoms. The minimum Gasteiger partial charge on any atom is -0.261 e. The van der Waals surface area contributed by atoms with Crippen LogP contribution in [0, 0.1) is 0 Å². The summed E-state index contributed by atoms with van der Waals surface area (Å²) in [5, 5.41) is 0.885. The molecule has 3 nitrogen and oxygen atoms in total. The normalized spacial score (nSPS) is 10.6. The second-order valence-corrected chi connectivity index (χ2v) is 6.02. The molecule has 4 rings (SSSR count). The Hall–Kier alpha value is -2.85. The Balaban J connectivity index is 1.91.